The van der Waals surface area contributed by atoms with Gasteiger partial charge in [-0.15, -0.1) is 0 Å². The third kappa shape index (κ3) is 4.92. The molecule has 3 aromatic carbocycles. The predicted molar refractivity (Wildman–Crippen MR) is 140 cm³/mol. The van der Waals surface area contributed by atoms with Gasteiger partial charge >= 0.3 is 6.03 Å². The van der Waals surface area contributed by atoms with Crippen molar-refractivity contribution in [2.24, 2.45) is 10.9 Å². The average molecular weight is 544 g/mol. The second-order valence-corrected chi connectivity index (χ2v) is 8.89. The number of hydrogen-bond donors (Lipinski definition) is 5. The maximum absolute atomic E-state index is 13.5. The Balaban J connectivity index is 2.00. The molecule has 2 unspecified atom stereocenters. The Morgan fingerprint density at radius 2 is 1.65 bits per heavy atom. The molecule has 0 bridgehead atoms. The lowest BCUT2D eigenvalue weighted by molar-refractivity contribution is -0.134. The molecule has 1 aliphatic rings. The molecule has 1 heterocycles. The molecule has 0 aromatic heterocycles. The molecule has 4 rings (SSSR count). The summed E-state index contributed by atoms with van der Waals surface area (Å²) in [5.41, 5.74) is 3.45. The lowest BCUT2D eigenvalue weighted by atomic mass is 9.73. The first kappa shape index (κ1) is 26.2. The van der Waals surface area contributed by atoms with E-state index >= 15 is 0 Å². The number of hydrogen-bond acceptors (Lipinski definition) is 7. The Morgan fingerprint density at radius 1 is 1.05 bits per heavy atom. The van der Waals surface area contributed by atoms with Crippen LogP contribution < -0.4 is 31.5 Å². The van der Waals surface area contributed by atoms with Gasteiger partial charge in [0.05, 0.1) is 36.6 Å². The number of anilines is 1. The highest BCUT2D eigenvalue weighted by molar-refractivity contribution is 6.38. The summed E-state index contributed by atoms with van der Waals surface area (Å²) in [6.07, 6.45) is 0. The molecule has 0 saturated carbocycles. The summed E-state index contributed by atoms with van der Waals surface area (Å²) in [5.74, 6) is 4.42. The topological polar surface area (TPSA) is 147 Å². The Labute approximate surface area is 222 Å². The van der Waals surface area contributed by atoms with E-state index in [9.17, 15) is 14.7 Å². The first-order valence-electron chi connectivity index (χ1n) is 10.9. The molecule has 3 aromatic rings. The number of nitrogens with one attached hydrogen (secondary N) is 3. The largest absolute Gasteiger partial charge is 0.497 e. The minimum absolute atomic E-state index is 0.137. The van der Waals surface area contributed by atoms with E-state index in [4.69, 9.17) is 38.5 Å². The summed E-state index contributed by atoms with van der Waals surface area (Å²) in [6, 6.07) is 15.5. The number of aliphatic hydroxyl groups is 1. The van der Waals surface area contributed by atoms with Crippen LogP contribution in [-0.4, -0.2) is 37.0 Å². The van der Waals surface area contributed by atoms with Crippen molar-refractivity contribution in [3.8, 4) is 11.5 Å². The molecular weight excluding hydrogens is 521 g/mol. The van der Waals surface area contributed by atoms with Gasteiger partial charge in [-0.1, -0.05) is 35.3 Å². The highest BCUT2D eigenvalue weighted by atomic mass is 35.5. The number of hydrazine groups is 1. The molecule has 12 heteroatoms. The lowest BCUT2D eigenvalue weighted by Gasteiger charge is -2.33. The lowest BCUT2D eigenvalue weighted by Crippen LogP contribution is -2.45. The summed E-state index contributed by atoms with van der Waals surface area (Å²) in [4.78, 5) is 25.5. The second kappa shape index (κ2) is 10.7. The molecule has 0 fully saturated rings. The number of fused-ring (bicyclic) bond motifs is 1. The zero-order chi connectivity index (χ0) is 26.7. The maximum atomic E-state index is 13.5. The summed E-state index contributed by atoms with van der Waals surface area (Å²) in [5, 5.41) is 19.5. The van der Waals surface area contributed by atoms with E-state index in [1.54, 1.807) is 48.5 Å². The van der Waals surface area contributed by atoms with Crippen molar-refractivity contribution in [2.45, 2.75) is 11.5 Å². The molecule has 1 aliphatic heterocycles. The summed E-state index contributed by atoms with van der Waals surface area (Å²) >= 11 is 12.6. The maximum Gasteiger partial charge on any atom is 0.349 e. The number of methoxy groups -OCH3 is 2. The van der Waals surface area contributed by atoms with Crippen LogP contribution in [0.2, 0.25) is 10.0 Å². The fourth-order valence-corrected chi connectivity index (χ4v) is 4.75. The van der Waals surface area contributed by atoms with Gasteiger partial charge in [0.1, 0.15) is 11.5 Å². The first-order valence-corrected chi connectivity index (χ1v) is 11.6. The Kier molecular flexibility index (Phi) is 7.55. The third-order valence-corrected chi connectivity index (χ3v) is 6.50. The average Bonchev–Trinajstić information content (AvgIpc) is 3.17. The molecular formula is C25H23Cl2N5O5. The van der Waals surface area contributed by atoms with Crippen molar-refractivity contribution < 1.29 is 24.2 Å². The van der Waals surface area contributed by atoms with E-state index in [2.05, 4.69) is 15.8 Å². The highest BCUT2D eigenvalue weighted by Crippen LogP contribution is 2.50. The highest BCUT2D eigenvalue weighted by Gasteiger charge is 2.54. The normalized spacial score (nSPS) is 17.5. The molecule has 0 radical (unpaired) electrons. The summed E-state index contributed by atoms with van der Waals surface area (Å²) in [7, 11) is 3.04. The zero-order valence-corrected chi connectivity index (χ0v) is 21.2. The SMILES string of the molecule is COc1ccc(/C(=N\NC(=O)NN)C(c2ccc(OC)cc2)C2(O)C(=O)Nc3c(Cl)cc(Cl)cc32)cc1. The number of halogens is 2. The van der Waals surface area contributed by atoms with Gasteiger partial charge in [0.15, 0.2) is 5.60 Å². The van der Waals surface area contributed by atoms with Gasteiger partial charge in [-0.25, -0.2) is 16.1 Å². The Bertz CT molecular complexity index is 1370. The van der Waals surface area contributed by atoms with Gasteiger partial charge in [0, 0.05) is 10.6 Å². The van der Waals surface area contributed by atoms with Gasteiger partial charge in [0.25, 0.3) is 5.91 Å². The number of benzene rings is 3. The minimum Gasteiger partial charge on any atom is -0.497 e. The summed E-state index contributed by atoms with van der Waals surface area (Å²) in [6.45, 7) is 0. The van der Waals surface area contributed by atoms with Gasteiger partial charge in [0.2, 0.25) is 0 Å². The smallest absolute Gasteiger partial charge is 0.349 e. The molecule has 0 aliphatic carbocycles. The number of carbonyl (C=O) groups is 2. The third-order valence-electron chi connectivity index (χ3n) is 5.99. The van der Waals surface area contributed by atoms with E-state index in [-0.39, 0.29) is 27.0 Å². The number of ether oxygens (including phenoxy) is 2. The number of urea groups is 1. The van der Waals surface area contributed by atoms with Crippen molar-refractivity contribution in [2.75, 3.05) is 19.5 Å². The van der Waals surface area contributed by atoms with Crippen molar-refractivity contribution in [3.63, 3.8) is 0 Å². The van der Waals surface area contributed by atoms with E-state index in [0.29, 0.717) is 22.6 Å². The van der Waals surface area contributed by atoms with Crippen LogP contribution in [0.15, 0.2) is 65.8 Å². The van der Waals surface area contributed by atoms with Crippen molar-refractivity contribution in [1.82, 2.24) is 10.9 Å². The van der Waals surface area contributed by atoms with Gasteiger partial charge in [-0.3, -0.25) is 10.2 Å². The van der Waals surface area contributed by atoms with Crippen LogP contribution >= 0.6 is 23.2 Å². The molecule has 192 valence electrons. The van der Waals surface area contributed by atoms with E-state index < -0.39 is 23.5 Å². The van der Waals surface area contributed by atoms with Gasteiger partial charge < -0.3 is 19.9 Å². The number of amides is 3. The molecule has 6 N–H and O–H groups in total. The van der Waals surface area contributed by atoms with Crippen LogP contribution in [0.3, 0.4) is 0 Å². The van der Waals surface area contributed by atoms with Crippen LogP contribution in [0.4, 0.5) is 10.5 Å². The second-order valence-electron chi connectivity index (χ2n) is 8.05. The monoisotopic (exact) mass is 543 g/mol. The molecule has 0 spiro atoms. The molecule has 3 amide bonds. The number of hydrazone groups is 1. The number of carbonyl (C=O) groups excluding carboxylic acids is 2. The molecule has 2 atom stereocenters. The molecule has 0 saturated heterocycles. The number of rotatable bonds is 7. The first-order chi connectivity index (χ1) is 17.7. The predicted octanol–water partition coefficient (Wildman–Crippen LogP) is 3.51. The van der Waals surface area contributed by atoms with E-state index in [1.807, 2.05) is 5.43 Å². The quantitative estimate of drug-likeness (QED) is 0.133. The number of nitrogens with zero attached hydrogens (tertiary/aromatic N) is 1. The summed E-state index contributed by atoms with van der Waals surface area (Å²) < 4.78 is 10.5. The van der Waals surface area contributed by atoms with Gasteiger partial charge in [-0.2, -0.15) is 5.10 Å². The minimum atomic E-state index is -2.24. The van der Waals surface area contributed by atoms with E-state index in [1.165, 1.54) is 26.4 Å². The van der Waals surface area contributed by atoms with Crippen molar-refractivity contribution >= 4 is 46.5 Å². The molecule has 37 heavy (non-hydrogen) atoms. The Morgan fingerprint density at radius 3 is 2.22 bits per heavy atom. The standard InChI is InChI=1S/C25H23Cl2N5O5/c1-36-16-7-3-13(4-8-16)20(25(35)18-11-15(26)12-19(27)22(18)29-23(25)33)21(31-32-24(34)30-28)14-5-9-17(37-2)10-6-14/h3-12,20,35H,28H2,1-2H3,(H,29,33)(H2,30,32,34)/b31-21+. The van der Waals surface area contributed by atoms with Gasteiger partial charge in [-0.05, 0) is 59.7 Å². The zero-order valence-electron chi connectivity index (χ0n) is 19.7. The van der Waals surface area contributed by atoms with Crippen LogP contribution in [-0.2, 0) is 10.4 Å². The van der Waals surface area contributed by atoms with Crippen LogP contribution in [0.25, 0.3) is 0 Å². The van der Waals surface area contributed by atoms with Crippen molar-refractivity contribution in [3.05, 3.63) is 87.4 Å². The molecule has 10 nitrogen and oxygen atoms in total. The van der Waals surface area contributed by atoms with Crippen LogP contribution in [0.1, 0.15) is 22.6 Å². The number of nitrogens with two attached hydrogens (primary N) is 1. The fraction of sp³-hybridized carbons (Fsp3) is 0.160. The van der Waals surface area contributed by atoms with Crippen LogP contribution in [0, 0.1) is 0 Å². The van der Waals surface area contributed by atoms with Crippen molar-refractivity contribution in [1.29, 1.82) is 0 Å². The van der Waals surface area contributed by atoms with E-state index in [0.717, 1.165) is 0 Å². The fourth-order valence-electron chi connectivity index (χ4n) is 4.21. The Hall–Kier alpha value is -3.83. The van der Waals surface area contributed by atoms with Crippen LogP contribution in [0.5, 0.6) is 11.5 Å².